The maximum Gasteiger partial charge on any atom is 0.137 e. The van der Waals surface area contributed by atoms with Crippen molar-refractivity contribution >= 4 is 70.5 Å². The van der Waals surface area contributed by atoms with Crippen LogP contribution in [0.2, 0.25) is 0 Å². The Bertz CT molecular complexity index is 2170. The Morgan fingerprint density at radius 2 is 1.18 bits per heavy atom. The van der Waals surface area contributed by atoms with Crippen molar-refractivity contribution in [3.8, 4) is 11.1 Å². The second-order valence-corrected chi connectivity index (χ2v) is 11.0. The van der Waals surface area contributed by atoms with Crippen LogP contribution in [0.25, 0.3) is 53.2 Å². The minimum Gasteiger partial charge on any atom is -0.456 e. The van der Waals surface area contributed by atoms with Gasteiger partial charge in [-0.2, -0.15) is 0 Å². The van der Waals surface area contributed by atoms with E-state index in [2.05, 4.69) is 95.9 Å². The van der Waals surface area contributed by atoms with Gasteiger partial charge in [-0.25, -0.2) is 4.39 Å². The van der Waals surface area contributed by atoms with Crippen molar-refractivity contribution in [2.24, 2.45) is 0 Å². The van der Waals surface area contributed by atoms with Gasteiger partial charge in [-0.1, -0.05) is 66.7 Å². The molecule has 8 rings (SSSR count). The Morgan fingerprint density at radius 3 is 2.00 bits per heavy atom. The summed E-state index contributed by atoms with van der Waals surface area (Å²) in [7, 11) is 0. The zero-order valence-electron chi connectivity index (χ0n) is 21.3. The summed E-state index contributed by atoms with van der Waals surface area (Å²) in [5.74, 6) is -0.233. The highest BCUT2D eigenvalue weighted by molar-refractivity contribution is 7.25. The van der Waals surface area contributed by atoms with Gasteiger partial charge in [-0.05, 0) is 77.9 Å². The van der Waals surface area contributed by atoms with Crippen LogP contribution in [-0.2, 0) is 0 Å². The summed E-state index contributed by atoms with van der Waals surface area (Å²) in [5, 5.41) is 4.68. The minimum atomic E-state index is -0.233. The van der Waals surface area contributed by atoms with E-state index in [1.807, 2.05) is 41.7 Å². The molecule has 0 N–H and O–H groups in total. The Kier molecular flexibility index (Phi) is 5.22. The number of hydrogen-bond acceptors (Lipinski definition) is 3. The van der Waals surface area contributed by atoms with E-state index in [1.54, 1.807) is 0 Å². The van der Waals surface area contributed by atoms with E-state index in [0.29, 0.717) is 0 Å². The second kappa shape index (κ2) is 9.08. The third-order valence-corrected chi connectivity index (χ3v) is 8.69. The molecule has 0 saturated heterocycles. The van der Waals surface area contributed by atoms with Gasteiger partial charge in [0.05, 0.1) is 11.1 Å². The summed E-state index contributed by atoms with van der Waals surface area (Å²) >= 11 is 1.82. The molecular weight excluding hydrogens is 513 g/mol. The molecular formula is C36H22FNOS. The summed E-state index contributed by atoms with van der Waals surface area (Å²) < 4.78 is 22.3. The van der Waals surface area contributed by atoms with Gasteiger partial charge in [-0.3, -0.25) is 0 Å². The van der Waals surface area contributed by atoms with Crippen LogP contribution in [0.15, 0.2) is 138 Å². The first-order valence-electron chi connectivity index (χ1n) is 13.2. The molecule has 2 aromatic heterocycles. The van der Waals surface area contributed by atoms with Gasteiger partial charge >= 0.3 is 0 Å². The number of anilines is 3. The topological polar surface area (TPSA) is 16.4 Å². The highest BCUT2D eigenvalue weighted by atomic mass is 32.1. The molecule has 190 valence electrons. The predicted molar refractivity (Wildman–Crippen MR) is 167 cm³/mol. The number of para-hydroxylation sites is 1. The Morgan fingerprint density at radius 1 is 0.525 bits per heavy atom. The minimum absolute atomic E-state index is 0.233. The molecule has 0 amide bonds. The van der Waals surface area contributed by atoms with Crippen molar-refractivity contribution in [2.45, 2.75) is 0 Å². The van der Waals surface area contributed by atoms with Crippen LogP contribution in [0.1, 0.15) is 0 Å². The summed E-state index contributed by atoms with van der Waals surface area (Å²) in [6.07, 6.45) is 0. The number of hydrogen-bond donors (Lipinski definition) is 0. The van der Waals surface area contributed by atoms with Crippen molar-refractivity contribution in [3.63, 3.8) is 0 Å². The number of nitrogens with zero attached hydrogens (tertiary/aromatic N) is 1. The number of fused-ring (bicyclic) bond motifs is 6. The van der Waals surface area contributed by atoms with Gasteiger partial charge in [0.15, 0.2) is 0 Å². The fourth-order valence-electron chi connectivity index (χ4n) is 5.67. The zero-order valence-corrected chi connectivity index (χ0v) is 22.2. The fraction of sp³-hybridized carbons (Fsp3) is 0. The van der Waals surface area contributed by atoms with Crippen molar-refractivity contribution in [1.29, 1.82) is 0 Å². The van der Waals surface area contributed by atoms with Crippen LogP contribution >= 0.6 is 11.3 Å². The highest BCUT2D eigenvalue weighted by Gasteiger charge is 2.20. The van der Waals surface area contributed by atoms with Crippen LogP contribution in [0.5, 0.6) is 0 Å². The molecule has 0 fully saturated rings. The molecule has 0 aliphatic carbocycles. The molecule has 0 saturated carbocycles. The average molecular weight is 536 g/mol. The van der Waals surface area contributed by atoms with Gasteiger partial charge in [0.2, 0.25) is 0 Å². The second-order valence-electron chi connectivity index (χ2n) is 9.92. The van der Waals surface area contributed by atoms with Gasteiger partial charge in [-0.15, -0.1) is 11.3 Å². The predicted octanol–water partition coefficient (Wildman–Crippen LogP) is 11.2. The Balaban J connectivity index is 1.36. The number of thiophene rings is 1. The number of furan rings is 1. The quantitative estimate of drug-likeness (QED) is 0.223. The lowest BCUT2D eigenvalue weighted by atomic mass is 10.0. The monoisotopic (exact) mass is 535 g/mol. The van der Waals surface area contributed by atoms with Crippen molar-refractivity contribution in [2.75, 3.05) is 4.90 Å². The molecule has 40 heavy (non-hydrogen) atoms. The molecule has 0 aliphatic rings. The number of rotatable bonds is 4. The summed E-state index contributed by atoms with van der Waals surface area (Å²) in [6, 6.07) is 44.8. The molecule has 0 aliphatic heterocycles. The standard InChI is InChI=1S/C36H22FNOS/c37-25-16-12-23(13-17-25)24-14-18-26(19-15-24)38(27-20-21-35-30(22-27)28-6-2-4-11-34(28)40-35)31-8-5-10-33-36(31)29-7-1-3-9-32(29)39-33/h1-22H. The molecule has 0 spiro atoms. The van der Waals surface area contributed by atoms with E-state index in [4.69, 9.17) is 4.42 Å². The first-order valence-corrected chi connectivity index (χ1v) is 14.0. The van der Waals surface area contributed by atoms with Gasteiger partial charge in [0.25, 0.3) is 0 Å². The first kappa shape index (κ1) is 23.0. The third-order valence-electron chi connectivity index (χ3n) is 7.54. The molecule has 0 bridgehead atoms. The van der Waals surface area contributed by atoms with Crippen LogP contribution in [0.3, 0.4) is 0 Å². The average Bonchev–Trinajstić information content (AvgIpc) is 3.57. The van der Waals surface area contributed by atoms with E-state index in [0.717, 1.165) is 50.1 Å². The summed E-state index contributed by atoms with van der Waals surface area (Å²) in [4.78, 5) is 2.31. The number of benzene rings is 6. The normalized spacial score (nSPS) is 11.6. The van der Waals surface area contributed by atoms with Crippen LogP contribution < -0.4 is 4.90 Å². The van der Waals surface area contributed by atoms with E-state index >= 15 is 0 Å². The lowest BCUT2D eigenvalue weighted by Crippen LogP contribution is -2.10. The van der Waals surface area contributed by atoms with E-state index < -0.39 is 0 Å². The van der Waals surface area contributed by atoms with Crippen molar-refractivity contribution in [3.05, 3.63) is 139 Å². The van der Waals surface area contributed by atoms with E-state index in [-0.39, 0.29) is 5.82 Å². The van der Waals surface area contributed by atoms with Crippen molar-refractivity contribution in [1.82, 2.24) is 0 Å². The van der Waals surface area contributed by atoms with Gasteiger partial charge in [0, 0.05) is 36.9 Å². The van der Waals surface area contributed by atoms with Gasteiger partial charge in [0.1, 0.15) is 17.0 Å². The Labute approximate surface area is 234 Å². The summed E-state index contributed by atoms with van der Waals surface area (Å²) in [6.45, 7) is 0. The Hall–Kier alpha value is -4.93. The van der Waals surface area contributed by atoms with Gasteiger partial charge < -0.3 is 9.32 Å². The zero-order chi connectivity index (χ0) is 26.6. The highest BCUT2D eigenvalue weighted by Crippen LogP contribution is 2.45. The smallest absolute Gasteiger partial charge is 0.137 e. The summed E-state index contributed by atoms with van der Waals surface area (Å²) in [5.41, 5.74) is 6.90. The molecule has 0 unspecified atom stereocenters. The van der Waals surface area contributed by atoms with Crippen LogP contribution in [0, 0.1) is 5.82 Å². The maximum atomic E-state index is 13.5. The third kappa shape index (κ3) is 3.69. The van der Waals surface area contributed by atoms with Crippen molar-refractivity contribution < 1.29 is 8.81 Å². The molecule has 2 nitrogen and oxygen atoms in total. The fourth-order valence-corrected chi connectivity index (χ4v) is 6.75. The molecule has 4 heteroatoms. The lowest BCUT2D eigenvalue weighted by molar-refractivity contribution is 0.628. The lowest BCUT2D eigenvalue weighted by Gasteiger charge is -2.26. The number of halogens is 1. The molecule has 2 heterocycles. The SMILES string of the molecule is Fc1ccc(-c2ccc(N(c3ccc4sc5ccccc5c4c3)c3cccc4oc5ccccc5c34)cc2)cc1. The van der Waals surface area contributed by atoms with Crippen LogP contribution in [0.4, 0.5) is 21.5 Å². The molecule has 0 radical (unpaired) electrons. The largest absolute Gasteiger partial charge is 0.456 e. The van der Waals surface area contributed by atoms with E-state index in [9.17, 15) is 4.39 Å². The first-order chi connectivity index (χ1) is 19.7. The van der Waals surface area contributed by atoms with E-state index in [1.165, 1.54) is 32.3 Å². The van der Waals surface area contributed by atoms with Crippen LogP contribution in [-0.4, -0.2) is 0 Å². The molecule has 6 aromatic carbocycles. The maximum absolute atomic E-state index is 13.5. The molecule has 0 atom stereocenters. The molecule has 8 aromatic rings.